The quantitative estimate of drug-likeness (QED) is 0.785. The Morgan fingerprint density at radius 2 is 2.10 bits per heavy atom. The van der Waals surface area contributed by atoms with E-state index in [1.807, 2.05) is 18.2 Å². The number of benzene rings is 2. The van der Waals surface area contributed by atoms with Crippen LogP contribution in [-0.4, -0.2) is 18.6 Å². The first kappa shape index (κ1) is 13.5. The maximum Gasteiger partial charge on any atom is 0.171 e. The van der Waals surface area contributed by atoms with Gasteiger partial charge in [-0.3, -0.25) is 4.79 Å². The molecular weight excluding hydrogens is 292 g/mol. The van der Waals surface area contributed by atoms with Gasteiger partial charge in [0.25, 0.3) is 0 Å². The molecule has 2 aromatic rings. The molecule has 0 N–H and O–H groups in total. The summed E-state index contributed by atoms with van der Waals surface area (Å²) in [5, 5.41) is 0.519. The second-order valence-electron chi connectivity index (χ2n) is 4.61. The van der Waals surface area contributed by atoms with E-state index in [-0.39, 0.29) is 11.7 Å². The maximum atomic E-state index is 12.7. The van der Waals surface area contributed by atoms with Gasteiger partial charge in [0.15, 0.2) is 5.78 Å². The van der Waals surface area contributed by atoms with Crippen LogP contribution in [0.3, 0.4) is 0 Å². The molecule has 1 aliphatic rings. The first-order valence-electron chi connectivity index (χ1n) is 6.30. The molecule has 0 spiro atoms. The van der Waals surface area contributed by atoms with Gasteiger partial charge in [-0.1, -0.05) is 29.8 Å². The Bertz CT molecular complexity index is 669. The summed E-state index contributed by atoms with van der Waals surface area (Å²) >= 11 is 7.74. The van der Waals surface area contributed by atoms with Gasteiger partial charge in [-0.15, -0.1) is 11.8 Å². The molecule has 1 unspecified atom stereocenters. The van der Waals surface area contributed by atoms with E-state index in [0.29, 0.717) is 16.3 Å². The minimum Gasteiger partial charge on any atom is -0.495 e. The molecule has 1 atom stereocenters. The summed E-state index contributed by atoms with van der Waals surface area (Å²) in [5.74, 6) is 1.37. The van der Waals surface area contributed by atoms with Gasteiger partial charge in [-0.25, -0.2) is 0 Å². The van der Waals surface area contributed by atoms with Crippen LogP contribution in [0.15, 0.2) is 47.4 Å². The van der Waals surface area contributed by atoms with E-state index < -0.39 is 0 Å². The monoisotopic (exact) mass is 304 g/mol. The Morgan fingerprint density at radius 1 is 1.30 bits per heavy atom. The van der Waals surface area contributed by atoms with Crippen molar-refractivity contribution in [3.05, 3.63) is 58.6 Å². The molecular formula is C16H13ClO2S. The third-order valence-corrected chi connectivity index (χ3v) is 4.95. The Balaban J connectivity index is 1.94. The summed E-state index contributed by atoms with van der Waals surface area (Å²) in [6.07, 6.45) is 0. The van der Waals surface area contributed by atoms with Gasteiger partial charge in [-0.2, -0.15) is 0 Å². The van der Waals surface area contributed by atoms with E-state index in [1.54, 1.807) is 37.1 Å². The van der Waals surface area contributed by atoms with Crippen LogP contribution in [0.25, 0.3) is 0 Å². The topological polar surface area (TPSA) is 26.3 Å². The lowest BCUT2D eigenvalue weighted by Gasteiger charge is -2.11. The molecule has 2 nitrogen and oxygen atoms in total. The average molecular weight is 305 g/mol. The number of halogens is 1. The van der Waals surface area contributed by atoms with Gasteiger partial charge >= 0.3 is 0 Å². The Morgan fingerprint density at radius 3 is 2.90 bits per heavy atom. The third-order valence-electron chi connectivity index (χ3n) is 3.45. The van der Waals surface area contributed by atoms with Crippen LogP contribution in [-0.2, 0) is 0 Å². The standard InChI is InChI=1S/C16H13ClO2S/c1-19-14-8-10(6-7-13(14)17)16(18)12-9-20-15-5-3-2-4-11(12)15/h2-8,12H,9H2,1H3. The zero-order valence-electron chi connectivity index (χ0n) is 10.9. The smallest absolute Gasteiger partial charge is 0.171 e. The fourth-order valence-electron chi connectivity index (χ4n) is 2.39. The highest BCUT2D eigenvalue weighted by atomic mass is 35.5. The summed E-state index contributed by atoms with van der Waals surface area (Å²) in [6.45, 7) is 0. The molecule has 0 amide bonds. The highest BCUT2D eigenvalue weighted by Gasteiger charge is 2.29. The molecule has 1 heterocycles. The average Bonchev–Trinajstić information content (AvgIpc) is 2.91. The number of fused-ring (bicyclic) bond motifs is 1. The minimum absolute atomic E-state index is 0.0814. The molecule has 1 aliphatic heterocycles. The maximum absolute atomic E-state index is 12.7. The number of Topliss-reactive ketones (excluding diaryl/α,β-unsaturated/α-hetero) is 1. The predicted molar refractivity (Wildman–Crippen MR) is 82.2 cm³/mol. The molecule has 0 radical (unpaired) electrons. The molecule has 0 bridgehead atoms. The highest BCUT2D eigenvalue weighted by Crippen LogP contribution is 2.41. The molecule has 4 heteroatoms. The van der Waals surface area contributed by atoms with Crippen molar-refractivity contribution in [1.29, 1.82) is 0 Å². The normalized spacial score (nSPS) is 16.8. The summed E-state index contributed by atoms with van der Waals surface area (Å²) in [6, 6.07) is 13.3. The number of thioether (sulfide) groups is 1. The fraction of sp³-hybridized carbons (Fsp3) is 0.188. The van der Waals surface area contributed by atoms with E-state index in [9.17, 15) is 4.79 Å². The Kier molecular flexibility index (Phi) is 3.72. The Hall–Kier alpha value is -1.45. The molecule has 2 aromatic carbocycles. The van der Waals surface area contributed by atoms with Gasteiger partial charge < -0.3 is 4.74 Å². The van der Waals surface area contributed by atoms with Gasteiger partial charge in [-0.05, 0) is 29.8 Å². The van der Waals surface area contributed by atoms with Crippen LogP contribution >= 0.6 is 23.4 Å². The fourth-order valence-corrected chi connectivity index (χ4v) is 3.82. The number of ether oxygens (including phenoxy) is 1. The summed E-state index contributed by atoms with van der Waals surface area (Å²) < 4.78 is 5.18. The van der Waals surface area contributed by atoms with Crippen molar-refractivity contribution in [2.45, 2.75) is 10.8 Å². The van der Waals surface area contributed by atoms with Crippen LogP contribution in [0.4, 0.5) is 0 Å². The van der Waals surface area contributed by atoms with Gasteiger partial charge in [0, 0.05) is 16.2 Å². The Labute approximate surface area is 127 Å². The lowest BCUT2D eigenvalue weighted by Crippen LogP contribution is -2.12. The summed E-state index contributed by atoms with van der Waals surface area (Å²) in [4.78, 5) is 13.9. The highest BCUT2D eigenvalue weighted by molar-refractivity contribution is 7.99. The van der Waals surface area contributed by atoms with Crippen molar-refractivity contribution in [2.75, 3.05) is 12.9 Å². The van der Waals surface area contributed by atoms with Crippen molar-refractivity contribution in [3.63, 3.8) is 0 Å². The van der Waals surface area contributed by atoms with Crippen molar-refractivity contribution in [2.24, 2.45) is 0 Å². The van der Waals surface area contributed by atoms with Crippen molar-refractivity contribution in [3.8, 4) is 5.75 Å². The zero-order chi connectivity index (χ0) is 14.1. The molecule has 0 saturated carbocycles. The molecule has 102 valence electrons. The van der Waals surface area contributed by atoms with Crippen molar-refractivity contribution in [1.82, 2.24) is 0 Å². The first-order valence-corrected chi connectivity index (χ1v) is 7.66. The van der Waals surface area contributed by atoms with E-state index in [1.165, 1.54) is 4.90 Å². The number of hydrogen-bond donors (Lipinski definition) is 0. The van der Waals surface area contributed by atoms with Crippen molar-refractivity contribution < 1.29 is 9.53 Å². The minimum atomic E-state index is -0.0814. The third kappa shape index (κ3) is 2.32. The van der Waals surface area contributed by atoms with Gasteiger partial charge in [0.05, 0.1) is 18.1 Å². The number of carbonyl (C=O) groups is 1. The lowest BCUT2D eigenvalue weighted by molar-refractivity contribution is 0.0968. The second-order valence-corrected chi connectivity index (χ2v) is 6.08. The van der Waals surface area contributed by atoms with Crippen LogP contribution in [0.5, 0.6) is 5.75 Å². The van der Waals surface area contributed by atoms with E-state index in [2.05, 4.69) is 6.07 Å². The van der Waals surface area contributed by atoms with Crippen molar-refractivity contribution >= 4 is 29.1 Å². The van der Waals surface area contributed by atoms with Crippen LogP contribution < -0.4 is 4.74 Å². The molecule has 0 aliphatic carbocycles. The number of hydrogen-bond acceptors (Lipinski definition) is 3. The number of ketones is 1. The molecule has 20 heavy (non-hydrogen) atoms. The second kappa shape index (κ2) is 5.51. The lowest BCUT2D eigenvalue weighted by atomic mass is 9.92. The van der Waals surface area contributed by atoms with Crippen LogP contribution in [0, 0.1) is 0 Å². The van der Waals surface area contributed by atoms with E-state index in [0.717, 1.165) is 11.3 Å². The molecule has 3 rings (SSSR count). The van der Waals surface area contributed by atoms with Gasteiger partial charge in [0.1, 0.15) is 5.75 Å². The molecule has 0 saturated heterocycles. The predicted octanol–water partition coefficient (Wildman–Crippen LogP) is 4.42. The van der Waals surface area contributed by atoms with E-state index in [4.69, 9.17) is 16.3 Å². The molecule has 0 aromatic heterocycles. The number of methoxy groups -OCH3 is 1. The van der Waals surface area contributed by atoms with Crippen LogP contribution in [0.1, 0.15) is 21.8 Å². The first-order chi connectivity index (χ1) is 9.70. The SMILES string of the molecule is COc1cc(C(=O)C2CSc3ccccc32)ccc1Cl. The molecule has 0 fully saturated rings. The number of rotatable bonds is 3. The summed E-state index contributed by atoms with van der Waals surface area (Å²) in [7, 11) is 1.55. The van der Waals surface area contributed by atoms with Gasteiger partial charge in [0.2, 0.25) is 0 Å². The zero-order valence-corrected chi connectivity index (χ0v) is 12.5. The van der Waals surface area contributed by atoms with Crippen LogP contribution in [0.2, 0.25) is 5.02 Å². The number of carbonyl (C=O) groups excluding carboxylic acids is 1. The summed E-state index contributed by atoms with van der Waals surface area (Å²) in [5.41, 5.74) is 1.77. The largest absolute Gasteiger partial charge is 0.495 e. The van der Waals surface area contributed by atoms with E-state index >= 15 is 0 Å².